The molecule has 0 N–H and O–H groups in total. The van der Waals surface area contributed by atoms with Crippen molar-refractivity contribution >= 4 is 10.1 Å². The van der Waals surface area contributed by atoms with Crippen molar-refractivity contribution in [1.82, 2.24) is 0 Å². The van der Waals surface area contributed by atoms with Gasteiger partial charge in [-0.1, -0.05) is 0 Å². The fraction of sp³-hybridized carbons (Fsp3) is 1.00. The topological polar surface area (TPSA) is 75.7 Å². The van der Waals surface area contributed by atoms with E-state index in [1.165, 1.54) is 0 Å². The van der Waals surface area contributed by atoms with Crippen molar-refractivity contribution in [3.63, 3.8) is 0 Å². The first-order valence-electron chi connectivity index (χ1n) is 4.16. The molecule has 0 saturated heterocycles. The molecule has 0 rings (SSSR count). The molecular formula is C7H15NaO5S. The molecule has 0 aliphatic carbocycles. The summed E-state index contributed by atoms with van der Waals surface area (Å²) in [6.45, 7) is 4.42. The third kappa shape index (κ3) is 10.9. The molecule has 0 unspecified atom stereocenters. The zero-order valence-corrected chi connectivity index (χ0v) is 11.7. The fourth-order valence-electron chi connectivity index (χ4n) is 0.827. The van der Waals surface area contributed by atoms with Gasteiger partial charge in [0.1, 0.15) is 0 Å². The second-order valence-corrected chi connectivity index (χ2v) is 3.91. The van der Waals surface area contributed by atoms with Crippen molar-refractivity contribution in [3.8, 4) is 0 Å². The largest absolute Gasteiger partial charge is 1.00 e. The maximum atomic E-state index is 10.3. The zero-order valence-electron chi connectivity index (χ0n) is 8.86. The van der Waals surface area contributed by atoms with Crippen LogP contribution in [0.5, 0.6) is 0 Å². The van der Waals surface area contributed by atoms with E-state index in [0.717, 1.165) is 0 Å². The van der Waals surface area contributed by atoms with Crippen LogP contribution in [0.3, 0.4) is 0 Å². The molecule has 0 aliphatic heterocycles. The molecule has 0 bridgehead atoms. The Morgan fingerprint density at radius 1 is 1.21 bits per heavy atom. The van der Waals surface area contributed by atoms with Gasteiger partial charge in [-0.05, 0) is 13.8 Å². The van der Waals surface area contributed by atoms with E-state index in [9.17, 15) is 13.0 Å². The van der Waals surface area contributed by atoms with Crippen LogP contribution in [0.4, 0.5) is 0 Å². The molecule has 7 heteroatoms. The molecule has 0 amide bonds. The summed E-state index contributed by atoms with van der Waals surface area (Å²) in [4.78, 5) is 0. The first-order valence-corrected chi connectivity index (χ1v) is 5.74. The summed E-state index contributed by atoms with van der Waals surface area (Å²) in [6.07, 6.45) is -0.494. The Balaban J connectivity index is 0. The third-order valence-electron chi connectivity index (χ3n) is 1.31. The number of hydrogen-bond donors (Lipinski definition) is 0. The molecule has 0 aliphatic rings. The molecule has 0 aromatic heterocycles. The van der Waals surface area contributed by atoms with Gasteiger partial charge in [-0.2, -0.15) is 0 Å². The number of rotatable bonds is 7. The van der Waals surface area contributed by atoms with Crippen molar-refractivity contribution in [2.24, 2.45) is 0 Å². The van der Waals surface area contributed by atoms with Crippen LogP contribution >= 0.6 is 0 Å². The molecular weight excluding hydrogens is 219 g/mol. The molecule has 14 heavy (non-hydrogen) atoms. The Morgan fingerprint density at radius 3 is 1.93 bits per heavy atom. The minimum atomic E-state index is -4.17. The summed E-state index contributed by atoms with van der Waals surface area (Å²) in [5.41, 5.74) is 0. The Hall–Kier alpha value is 0.830. The van der Waals surface area contributed by atoms with Crippen LogP contribution in [0.2, 0.25) is 0 Å². The van der Waals surface area contributed by atoms with Crippen molar-refractivity contribution in [1.29, 1.82) is 0 Å². The van der Waals surface area contributed by atoms with Gasteiger partial charge >= 0.3 is 29.6 Å². The van der Waals surface area contributed by atoms with E-state index in [1.807, 2.05) is 0 Å². The Bertz CT molecular complexity index is 210. The van der Waals surface area contributed by atoms with Crippen LogP contribution in [0.25, 0.3) is 0 Å². The Kier molecular flexibility index (Phi) is 11.2. The smallest absolute Gasteiger partial charge is 0.748 e. The van der Waals surface area contributed by atoms with Gasteiger partial charge in [-0.25, -0.2) is 8.42 Å². The fourth-order valence-corrected chi connectivity index (χ4v) is 1.31. The molecule has 0 aromatic rings. The maximum Gasteiger partial charge on any atom is 1.00 e. The SMILES string of the molecule is CCOC(CCS(=O)(=O)[O-])OCC.[Na+]. The summed E-state index contributed by atoms with van der Waals surface area (Å²) in [5.74, 6) is -0.447. The van der Waals surface area contributed by atoms with E-state index in [0.29, 0.717) is 13.2 Å². The van der Waals surface area contributed by atoms with E-state index in [2.05, 4.69) is 0 Å². The van der Waals surface area contributed by atoms with Crippen LogP contribution in [0.15, 0.2) is 0 Å². The molecule has 0 radical (unpaired) electrons. The van der Waals surface area contributed by atoms with Crippen LogP contribution < -0.4 is 29.6 Å². The van der Waals surface area contributed by atoms with Crippen molar-refractivity contribution in [2.75, 3.05) is 19.0 Å². The summed E-state index contributed by atoms with van der Waals surface area (Å²) < 4.78 is 40.9. The van der Waals surface area contributed by atoms with Gasteiger partial charge in [0.25, 0.3) is 0 Å². The van der Waals surface area contributed by atoms with E-state index in [-0.39, 0.29) is 36.0 Å². The standard InChI is InChI=1S/C7H16O5S.Na/c1-3-11-7(12-4-2)5-6-13(8,9)10;/h7H,3-6H2,1-2H3,(H,8,9,10);/q;+1/p-1. The molecule has 0 heterocycles. The number of hydrogen-bond acceptors (Lipinski definition) is 5. The number of ether oxygens (including phenoxy) is 2. The van der Waals surface area contributed by atoms with Crippen molar-refractivity contribution in [3.05, 3.63) is 0 Å². The molecule has 0 fully saturated rings. The predicted molar refractivity (Wildman–Crippen MR) is 46.2 cm³/mol. The monoisotopic (exact) mass is 234 g/mol. The Morgan fingerprint density at radius 2 is 1.64 bits per heavy atom. The van der Waals surface area contributed by atoms with Crippen molar-refractivity contribution < 1.29 is 52.0 Å². The van der Waals surface area contributed by atoms with Crippen molar-refractivity contribution in [2.45, 2.75) is 26.6 Å². The van der Waals surface area contributed by atoms with Gasteiger partial charge in [-0.3, -0.25) is 0 Å². The quantitative estimate of drug-likeness (QED) is 0.273. The first-order chi connectivity index (χ1) is 5.99. The first kappa shape index (κ1) is 17.2. The average molecular weight is 234 g/mol. The normalized spacial score (nSPS) is 11.4. The van der Waals surface area contributed by atoms with Crippen LogP contribution in [0, 0.1) is 0 Å². The van der Waals surface area contributed by atoms with Crippen LogP contribution in [-0.2, 0) is 19.6 Å². The van der Waals surface area contributed by atoms with E-state index in [4.69, 9.17) is 9.47 Å². The summed E-state index contributed by atoms with van der Waals surface area (Å²) in [5, 5.41) is 0. The molecule has 5 nitrogen and oxygen atoms in total. The minimum Gasteiger partial charge on any atom is -0.748 e. The van der Waals surface area contributed by atoms with E-state index >= 15 is 0 Å². The predicted octanol–water partition coefficient (Wildman–Crippen LogP) is -2.68. The average Bonchev–Trinajstić information content (AvgIpc) is 2.00. The summed E-state index contributed by atoms with van der Waals surface area (Å²) in [6, 6.07) is 0. The van der Waals surface area contributed by atoms with Gasteiger partial charge < -0.3 is 14.0 Å². The third-order valence-corrected chi connectivity index (χ3v) is 2.04. The molecule has 0 saturated carbocycles. The van der Waals surface area contributed by atoms with Crippen LogP contribution in [0.1, 0.15) is 20.3 Å². The molecule has 0 atom stereocenters. The second kappa shape index (κ2) is 9.08. The van der Waals surface area contributed by atoms with E-state index in [1.54, 1.807) is 13.8 Å². The zero-order chi connectivity index (χ0) is 10.3. The second-order valence-electron chi connectivity index (χ2n) is 2.39. The van der Waals surface area contributed by atoms with Gasteiger partial charge in [-0.15, -0.1) is 0 Å². The molecule has 80 valence electrons. The molecule has 0 aromatic carbocycles. The Labute approximate surface area is 107 Å². The van der Waals surface area contributed by atoms with Gasteiger partial charge in [0, 0.05) is 25.4 Å². The van der Waals surface area contributed by atoms with Crippen LogP contribution in [-0.4, -0.2) is 38.2 Å². The van der Waals surface area contributed by atoms with Gasteiger partial charge in [0.15, 0.2) is 6.29 Å². The summed E-state index contributed by atoms with van der Waals surface area (Å²) >= 11 is 0. The van der Waals surface area contributed by atoms with E-state index < -0.39 is 22.2 Å². The van der Waals surface area contributed by atoms with Gasteiger partial charge in [0.05, 0.1) is 10.1 Å². The molecule has 0 spiro atoms. The summed E-state index contributed by atoms with van der Waals surface area (Å²) in [7, 11) is -4.17. The maximum absolute atomic E-state index is 10.3. The van der Waals surface area contributed by atoms with Gasteiger partial charge in [0.2, 0.25) is 0 Å². The minimum absolute atomic E-state index is 0.